The number of Topliss-reactive ketones (excluding diaryl/α,β-unsaturated/α-hetero) is 1. The van der Waals surface area contributed by atoms with Crippen molar-refractivity contribution in [3.05, 3.63) is 23.8 Å². The highest BCUT2D eigenvalue weighted by atomic mass is 16.2. The Labute approximate surface area is 97.4 Å². The predicted molar refractivity (Wildman–Crippen MR) is 65.2 cm³/mol. The molecule has 0 aromatic carbocycles. The molecule has 1 aliphatic rings. The Morgan fingerprint density at radius 2 is 1.94 bits per heavy atom. The molecule has 0 heterocycles. The fraction of sp³-hybridized carbons (Fsp3) is 0.571. The van der Waals surface area contributed by atoms with Crippen molar-refractivity contribution in [3.63, 3.8) is 0 Å². The molecule has 0 radical (unpaired) electrons. The van der Waals surface area contributed by atoms with Crippen LogP contribution in [0.1, 0.15) is 45.4 Å². The third-order valence-corrected chi connectivity index (χ3v) is 3.15. The van der Waals surface area contributed by atoms with Gasteiger partial charge in [-0.1, -0.05) is 50.3 Å². The van der Waals surface area contributed by atoms with E-state index in [0.717, 1.165) is 6.42 Å². The van der Waals surface area contributed by atoms with Crippen molar-refractivity contribution in [3.8, 4) is 0 Å². The summed E-state index contributed by atoms with van der Waals surface area (Å²) in [5.41, 5.74) is 0.667. The minimum absolute atomic E-state index is 0.358. The Hall–Kier alpha value is -1.18. The van der Waals surface area contributed by atoms with Crippen molar-refractivity contribution in [2.75, 3.05) is 0 Å². The Bertz CT molecular complexity index is 294. The molecule has 0 atom stereocenters. The van der Waals surface area contributed by atoms with Crippen LogP contribution in [0.5, 0.6) is 0 Å². The number of carbonyl (C=O) groups excluding carboxylic acids is 2. The predicted octanol–water partition coefficient (Wildman–Crippen LogP) is 3.23. The number of hydrogen-bond acceptors (Lipinski definition) is 2. The first-order valence-electron chi connectivity index (χ1n) is 6.09. The molecule has 0 spiro atoms. The van der Waals surface area contributed by atoms with Gasteiger partial charge in [0.1, 0.15) is 0 Å². The van der Waals surface area contributed by atoms with E-state index in [2.05, 4.69) is 0 Å². The maximum atomic E-state index is 11.4. The molecule has 0 aliphatic heterocycles. The highest BCUT2D eigenvalue weighted by Gasteiger charge is 2.17. The molecule has 16 heavy (non-hydrogen) atoms. The zero-order chi connectivity index (χ0) is 11.8. The molecule has 0 bridgehead atoms. The molecular formula is C14H20O2. The third kappa shape index (κ3) is 4.13. The van der Waals surface area contributed by atoms with E-state index < -0.39 is 0 Å². The van der Waals surface area contributed by atoms with E-state index in [-0.39, 0.29) is 5.78 Å². The topological polar surface area (TPSA) is 34.1 Å². The van der Waals surface area contributed by atoms with Crippen LogP contribution in [0.15, 0.2) is 23.8 Å². The summed E-state index contributed by atoms with van der Waals surface area (Å²) in [6.07, 6.45) is 12.9. The van der Waals surface area contributed by atoms with E-state index in [1.165, 1.54) is 32.1 Å². The largest absolute Gasteiger partial charge is 0.294 e. The monoisotopic (exact) mass is 220 g/mol. The van der Waals surface area contributed by atoms with E-state index in [1.807, 2.05) is 19.1 Å². The van der Waals surface area contributed by atoms with Crippen molar-refractivity contribution in [2.45, 2.75) is 45.4 Å². The normalized spacial score (nSPS) is 18.9. The maximum absolute atomic E-state index is 11.4. The summed E-state index contributed by atoms with van der Waals surface area (Å²) in [6, 6.07) is 0. The third-order valence-electron chi connectivity index (χ3n) is 3.15. The highest BCUT2D eigenvalue weighted by molar-refractivity contribution is 6.33. The molecule has 0 N–H and O–H groups in total. The summed E-state index contributed by atoms with van der Waals surface area (Å²) >= 11 is 0. The summed E-state index contributed by atoms with van der Waals surface area (Å²) < 4.78 is 0. The summed E-state index contributed by atoms with van der Waals surface area (Å²) in [5.74, 6) is 0.234. The second-order valence-electron chi connectivity index (χ2n) is 4.41. The van der Waals surface area contributed by atoms with Crippen LogP contribution >= 0.6 is 0 Å². The molecule has 1 aliphatic carbocycles. The zero-order valence-electron chi connectivity index (χ0n) is 9.95. The van der Waals surface area contributed by atoms with Gasteiger partial charge in [0.05, 0.1) is 0 Å². The average Bonchev–Trinajstić information content (AvgIpc) is 2.34. The van der Waals surface area contributed by atoms with E-state index in [0.29, 0.717) is 17.8 Å². The van der Waals surface area contributed by atoms with Crippen LogP contribution in [0, 0.1) is 5.92 Å². The van der Waals surface area contributed by atoms with Gasteiger partial charge in [-0.2, -0.15) is 0 Å². The van der Waals surface area contributed by atoms with Gasteiger partial charge in [-0.3, -0.25) is 9.59 Å². The van der Waals surface area contributed by atoms with Crippen LogP contribution in [-0.4, -0.2) is 12.1 Å². The van der Waals surface area contributed by atoms with Crippen LogP contribution in [0.2, 0.25) is 0 Å². The van der Waals surface area contributed by atoms with Crippen molar-refractivity contribution in [1.29, 1.82) is 0 Å². The smallest absolute Gasteiger partial charge is 0.221 e. The Morgan fingerprint density at radius 3 is 2.50 bits per heavy atom. The highest BCUT2D eigenvalue weighted by Crippen LogP contribution is 2.29. The second-order valence-corrected chi connectivity index (χ2v) is 4.41. The molecule has 0 saturated heterocycles. The van der Waals surface area contributed by atoms with Crippen LogP contribution in [0.25, 0.3) is 0 Å². The number of hydrogen-bond donors (Lipinski definition) is 0. The molecule has 1 rings (SSSR count). The lowest BCUT2D eigenvalue weighted by atomic mass is 9.84. The van der Waals surface area contributed by atoms with Crippen LogP contribution in [0.4, 0.5) is 0 Å². The molecular weight excluding hydrogens is 200 g/mol. The summed E-state index contributed by atoms with van der Waals surface area (Å²) in [6.45, 7) is 1.90. The number of ketones is 1. The summed E-state index contributed by atoms with van der Waals surface area (Å²) in [5, 5.41) is 0. The molecule has 2 nitrogen and oxygen atoms in total. The minimum atomic E-state index is -0.358. The van der Waals surface area contributed by atoms with Gasteiger partial charge in [0, 0.05) is 5.57 Å². The molecule has 2 heteroatoms. The van der Waals surface area contributed by atoms with E-state index >= 15 is 0 Å². The lowest BCUT2D eigenvalue weighted by Crippen LogP contribution is -2.12. The van der Waals surface area contributed by atoms with Gasteiger partial charge in [0.15, 0.2) is 6.29 Å². The van der Waals surface area contributed by atoms with Gasteiger partial charge in [0.2, 0.25) is 5.78 Å². The first-order chi connectivity index (χ1) is 7.77. The first kappa shape index (κ1) is 12.9. The van der Waals surface area contributed by atoms with Crippen molar-refractivity contribution >= 4 is 12.1 Å². The second kappa shape index (κ2) is 7.15. The van der Waals surface area contributed by atoms with Crippen LogP contribution < -0.4 is 0 Å². The van der Waals surface area contributed by atoms with Crippen LogP contribution in [-0.2, 0) is 9.59 Å². The Morgan fingerprint density at radius 1 is 1.25 bits per heavy atom. The SMILES string of the molecule is CC=CC=C(CC1CCCCC1)C(=O)C=O. The summed E-state index contributed by atoms with van der Waals surface area (Å²) in [4.78, 5) is 22.0. The van der Waals surface area contributed by atoms with Gasteiger partial charge in [-0.05, 0) is 19.3 Å². The number of allylic oxidation sites excluding steroid dienone is 4. The van der Waals surface area contributed by atoms with Gasteiger partial charge in [-0.25, -0.2) is 0 Å². The molecule has 1 saturated carbocycles. The molecule has 0 aromatic rings. The molecule has 1 fully saturated rings. The van der Waals surface area contributed by atoms with Crippen molar-refractivity contribution in [1.82, 2.24) is 0 Å². The Balaban J connectivity index is 2.61. The van der Waals surface area contributed by atoms with Crippen molar-refractivity contribution < 1.29 is 9.59 Å². The van der Waals surface area contributed by atoms with Gasteiger partial charge < -0.3 is 0 Å². The molecule has 0 unspecified atom stereocenters. The number of aldehydes is 1. The molecule has 88 valence electrons. The van der Waals surface area contributed by atoms with E-state index in [9.17, 15) is 9.59 Å². The number of rotatable bonds is 5. The fourth-order valence-corrected chi connectivity index (χ4v) is 2.24. The first-order valence-corrected chi connectivity index (χ1v) is 6.09. The van der Waals surface area contributed by atoms with Gasteiger partial charge in [0.25, 0.3) is 0 Å². The van der Waals surface area contributed by atoms with E-state index in [4.69, 9.17) is 0 Å². The lowest BCUT2D eigenvalue weighted by molar-refractivity contribution is -0.127. The summed E-state index contributed by atoms with van der Waals surface area (Å²) in [7, 11) is 0. The quantitative estimate of drug-likeness (QED) is 0.308. The average molecular weight is 220 g/mol. The lowest BCUT2D eigenvalue weighted by Gasteiger charge is -2.21. The van der Waals surface area contributed by atoms with Crippen LogP contribution in [0.3, 0.4) is 0 Å². The van der Waals surface area contributed by atoms with Crippen molar-refractivity contribution in [2.24, 2.45) is 5.92 Å². The standard InChI is InChI=1S/C14H20O2/c1-2-3-9-13(14(16)11-15)10-12-7-5-4-6-8-12/h2-3,9,11-12H,4-8,10H2,1H3. The molecule has 0 amide bonds. The maximum Gasteiger partial charge on any atom is 0.221 e. The zero-order valence-corrected chi connectivity index (χ0v) is 9.95. The molecule has 0 aromatic heterocycles. The van der Waals surface area contributed by atoms with E-state index in [1.54, 1.807) is 6.08 Å². The Kier molecular flexibility index (Phi) is 5.76. The minimum Gasteiger partial charge on any atom is -0.294 e. The fourth-order valence-electron chi connectivity index (χ4n) is 2.24. The van der Waals surface area contributed by atoms with Gasteiger partial charge >= 0.3 is 0 Å². The number of carbonyl (C=O) groups is 2. The van der Waals surface area contributed by atoms with Gasteiger partial charge in [-0.15, -0.1) is 0 Å².